The van der Waals surface area contributed by atoms with Crippen LogP contribution in [-0.4, -0.2) is 39.5 Å². The van der Waals surface area contributed by atoms with Crippen molar-refractivity contribution in [3.63, 3.8) is 0 Å². The van der Waals surface area contributed by atoms with E-state index in [1.807, 2.05) is 16.8 Å². The number of rotatable bonds is 6. The Hall–Kier alpha value is -1.80. The molecule has 0 aliphatic carbocycles. The van der Waals surface area contributed by atoms with Crippen LogP contribution < -0.4 is 5.56 Å². The van der Waals surface area contributed by atoms with Crippen LogP contribution in [0.1, 0.15) is 34.2 Å². The van der Waals surface area contributed by atoms with Crippen LogP contribution in [0.4, 0.5) is 0 Å². The van der Waals surface area contributed by atoms with Crippen LogP contribution in [0.5, 0.6) is 0 Å². The number of thiophene rings is 1. The maximum atomic E-state index is 13.2. The van der Waals surface area contributed by atoms with Gasteiger partial charge in [-0.3, -0.25) is 14.6 Å². The summed E-state index contributed by atoms with van der Waals surface area (Å²) in [7, 11) is 2.06. The molecule has 0 amide bonds. The van der Waals surface area contributed by atoms with Crippen molar-refractivity contribution in [2.75, 3.05) is 20.1 Å². The van der Waals surface area contributed by atoms with Crippen molar-refractivity contribution >= 4 is 22.7 Å². The molecule has 2 aliphatic heterocycles. The number of nitrogens with zero attached hydrogens (tertiary/aromatic N) is 4. The summed E-state index contributed by atoms with van der Waals surface area (Å²) in [5.41, 5.74) is 5.25. The molecule has 0 unspecified atom stereocenters. The summed E-state index contributed by atoms with van der Waals surface area (Å²) in [5.74, 6) is 1.04. The normalized spacial score (nSPS) is 21.4. The molecular formula is C22H26N4OS2. The van der Waals surface area contributed by atoms with E-state index in [2.05, 4.69) is 61.4 Å². The summed E-state index contributed by atoms with van der Waals surface area (Å²) in [6.45, 7) is 5.47. The zero-order chi connectivity index (χ0) is 19.8. The molecule has 3 aromatic heterocycles. The molecule has 3 aromatic rings. The fourth-order valence-corrected chi connectivity index (χ4v) is 6.20. The third kappa shape index (κ3) is 4.10. The van der Waals surface area contributed by atoms with E-state index < -0.39 is 0 Å². The van der Waals surface area contributed by atoms with Gasteiger partial charge < -0.3 is 4.57 Å². The molecule has 5 rings (SSSR count). The molecular weight excluding hydrogens is 400 g/mol. The third-order valence-corrected chi connectivity index (χ3v) is 7.57. The molecule has 0 radical (unpaired) electrons. The second-order valence-electron chi connectivity index (χ2n) is 8.42. The van der Waals surface area contributed by atoms with Gasteiger partial charge >= 0.3 is 0 Å². The lowest BCUT2D eigenvalue weighted by Crippen LogP contribution is -2.47. The van der Waals surface area contributed by atoms with Crippen molar-refractivity contribution in [1.29, 1.82) is 0 Å². The summed E-state index contributed by atoms with van der Waals surface area (Å²) in [5, 5.41) is 4.22. The van der Waals surface area contributed by atoms with Crippen molar-refractivity contribution in [2.24, 2.45) is 5.92 Å². The van der Waals surface area contributed by atoms with E-state index in [4.69, 9.17) is 0 Å². The highest BCUT2D eigenvalue weighted by Crippen LogP contribution is 2.36. The van der Waals surface area contributed by atoms with Crippen molar-refractivity contribution in [1.82, 2.24) is 19.4 Å². The molecule has 0 spiro atoms. The molecule has 1 fully saturated rings. The zero-order valence-corrected chi connectivity index (χ0v) is 18.3. The predicted molar refractivity (Wildman–Crippen MR) is 118 cm³/mol. The van der Waals surface area contributed by atoms with E-state index in [9.17, 15) is 4.79 Å². The first-order valence-corrected chi connectivity index (χ1v) is 12.0. The summed E-state index contributed by atoms with van der Waals surface area (Å²) < 4.78 is 2.08. The van der Waals surface area contributed by atoms with Crippen LogP contribution >= 0.6 is 22.7 Å². The molecule has 5 heterocycles. The number of fused-ring (bicyclic) bond motifs is 4. The number of piperidine rings is 1. The molecule has 1 saturated heterocycles. The highest BCUT2D eigenvalue weighted by atomic mass is 32.1. The number of thiazole rings is 1. The Kier molecular flexibility index (Phi) is 5.39. The quantitative estimate of drug-likeness (QED) is 0.604. The van der Waals surface area contributed by atoms with Gasteiger partial charge in [0.05, 0.1) is 11.2 Å². The van der Waals surface area contributed by atoms with Gasteiger partial charge in [-0.15, -0.1) is 22.7 Å². The molecule has 5 nitrogen and oxygen atoms in total. The standard InChI is InChI=1S/C22H26N4OS2/c1-24(12-19-14-28-15-23-19)10-17-4-5-21-18-7-16(9-26(21)22(17)27)8-25(11-18)13-20-3-2-6-29-20/h2-6,14-16,18H,7-13H2,1H3/t16-,18+/m0/s1. The lowest BCUT2D eigenvalue weighted by Gasteiger charge is -2.43. The Balaban J connectivity index is 1.32. The van der Waals surface area contributed by atoms with E-state index in [1.54, 1.807) is 11.3 Å². The minimum atomic E-state index is 0.203. The third-order valence-electron chi connectivity index (χ3n) is 6.07. The van der Waals surface area contributed by atoms with Crippen LogP contribution in [0.25, 0.3) is 0 Å². The molecule has 7 heteroatoms. The van der Waals surface area contributed by atoms with E-state index >= 15 is 0 Å². The lowest BCUT2D eigenvalue weighted by molar-refractivity contribution is 0.115. The number of hydrogen-bond acceptors (Lipinski definition) is 6. The SMILES string of the molecule is CN(Cc1cscn1)Cc1ccc2n(c1=O)C[C@H]1C[C@@H]2CN(Cc2cccs2)C1. The average molecular weight is 427 g/mol. The van der Waals surface area contributed by atoms with Crippen LogP contribution in [0.15, 0.2) is 45.3 Å². The van der Waals surface area contributed by atoms with Crippen LogP contribution in [0.2, 0.25) is 0 Å². The van der Waals surface area contributed by atoms with Gasteiger partial charge in [-0.25, -0.2) is 4.98 Å². The number of hydrogen-bond donors (Lipinski definition) is 0. The molecule has 0 aromatic carbocycles. The first-order chi connectivity index (χ1) is 14.2. The summed E-state index contributed by atoms with van der Waals surface area (Å²) in [4.78, 5) is 23.8. The largest absolute Gasteiger partial charge is 0.312 e. The minimum absolute atomic E-state index is 0.203. The molecule has 2 aliphatic rings. The first-order valence-electron chi connectivity index (χ1n) is 10.2. The Bertz CT molecular complexity index is 1010. The van der Waals surface area contributed by atoms with Gasteiger partial charge in [0, 0.05) is 66.7 Å². The van der Waals surface area contributed by atoms with Gasteiger partial charge in [-0.1, -0.05) is 12.1 Å². The van der Waals surface area contributed by atoms with Gasteiger partial charge in [0.2, 0.25) is 0 Å². The Morgan fingerprint density at radius 2 is 2.14 bits per heavy atom. The number of pyridine rings is 1. The van der Waals surface area contributed by atoms with Crippen molar-refractivity contribution in [2.45, 2.75) is 38.5 Å². The Morgan fingerprint density at radius 1 is 1.21 bits per heavy atom. The maximum absolute atomic E-state index is 13.2. The van der Waals surface area contributed by atoms with Gasteiger partial charge in [-0.2, -0.15) is 0 Å². The van der Waals surface area contributed by atoms with E-state index in [-0.39, 0.29) is 5.56 Å². The van der Waals surface area contributed by atoms with E-state index in [0.29, 0.717) is 18.4 Å². The Morgan fingerprint density at radius 3 is 2.93 bits per heavy atom. The van der Waals surface area contributed by atoms with Gasteiger partial charge in [0.15, 0.2) is 0 Å². The summed E-state index contributed by atoms with van der Waals surface area (Å²) in [6, 6.07) is 8.63. The van der Waals surface area contributed by atoms with Crippen LogP contribution in [-0.2, 0) is 26.2 Å². The average Bonchev–Trinajstić information content (AvgIpc) is 3.39. The molecule has 29 heavy (non-hydrogen) atoms. The zero-order valence-electron chi connectivity index (χ0n) is 16.7. The molecule has 0 N–H and O–H groups in total. The smallest absolute Gasteiger partial charge is 0.255 e. The topological polar surface area (TPSA) is 41.4 Å². The molecule has 2 bridgehead atoms. The first kappa shape index (κ1) is 19.2. The molecule has 2 atom stereocenters. The van der Waals surface area contributed by atoms with Gasteiger partial charge in [-0.05, 0) is 36.9 Å². The highest BCUT2D eigenvalue weighted by Gasteiger charge is 2.35. The van der Waals surface area contributed by atoms with Crippen molar-refractivity contribution in [3.05, 3.63) is 72.7 Å². The molecule has 152 valence electrons. The Labute approximate surface area is 179 Å². The van der Waals surface area contributed by atoms with Crippen molar-refractivity contribution in [3.8, 4) is 0 Å². The fraction of sp³-hybridized carbons (Fsp3) is 0.455. The second-order valence-corrected chi connectivity index (χ2v) is 10.2. The van der Waals surface area contributed by atoms with Crippen molar-refractivity contribution < 1.29 is 0 Å². The monoisotopic (exact) mass is 426 g/mol. The van der Waals surface area contributed by atoms with Crippen LogP contribution in [0.3, 0.4) is 0 Å². The van der Waals surface area contributed by atoms with Gasteiger partial charge in [0.1, 0.15) is 0 Å². The lowest BCUT2D eigenvalue weighted by atomic mass is 9.83. The fourth-order valence-electron chi connectivity index (χ4n) is 4.90. The second kappa shape index (κ2) is 8.14. The minimum Gasteiger partial charge on any atom is -0.312 e. The van der Waals surface area contributed by atoms with Gasteiger partial charge in [0.25, 0.3) is 5.56 Å². The highest BCUT2D eigenvalue weighted by molar-refractivity contribution is 7.09. The van der Waals surface area contributed by atoms with E-state index in [1.165, 1.54) is 17.0 Å². The number of aromatic nitrogens is 2. The maximum Gasteiger partial charge on any atom is 0.255 e. The van der Waals surface area contributed by atoms with E-state index in [0.717, 1.165) is 44.0 Å². The predicted octanol–water partition coefficient (Wildman–Crippen LogP) is 3.62. The molecule has 0 saturated carbocycles. The number of likely N-dealkylation sites (tertiary alicyclic amines) is 1. The van der Waals surface area contributed by atoms with Crippen LogP contribution in [0, 0.1) is 5.92 Å². The summed E-state index contributed by atoms with van der Waals surface area (Å²) >= 11 is 3.45. The summed E-state index contributed by atoms with van der Waals surface area (Å²) in [6.07, 6.45) is 1.21.